The quantitative estimate of drug-likeness (QED) is 0.644. The van der Waals surface area contributed by atoms with E-state index in [4.69, 9.17) is 0 Å². The summed E-state index contributed by atoms with van der Waals surface area (Å²) in [5.41, 5.74) is 3.51. The Labute approximate surface area is 152 Å². The van der Waals surface area contributed by atoms with Gasteiger partial charge in [-0.05, 0) is 17.7 Å². The molecule has 0 spiro atoms. The zero-order valence-electron chi connectivity index (χ0n) is 12.6. The smallest absolute Gasteiger partial charge is 0.178 e. The summed E-state index contributed by atoms with van der Waals surface area (Å²) in [5, 5.41) is 10.8. The second-order valence-electron chi connectivity index (χ2n) is 5.50. The Morgan fingerprint density at radius 3 is 2.58 bits per heavy atom. The van der Waals surface area contributed by atoms with Crippen molar-refractivity contribution in [3.63, 3.8) is 0 Å². The van der Waals surface area contributed by atoms with Crippen LogP contribution in [0.25, 0.3) is 11.3 Å². The fourth-order valence-corrected chi connectivity index (χ4v) is 4.02. The van der Waals surface area contributed by atoms with E-state index >= 15 is 0 Å². The number of anilines is 1. The number of nitrogens with zero attached hydrogens (tertiary/aromatic N) is 1. The summed E-state index contributed by atoms with van der Waals surface area (Å²) < 4.78 is 1.03. The standard InChI is InChI=1S/C18H14BrN3OS/c19-13-8-6-12(7-9-13)18-20-17-15(14(23)10-24-18)16(21-22-17)11-4-2-1-3-5-11/h1-9,18H,10H2,(H2,20,21,22). The average molecular weight is 400 g/mol. The van der Waals surface area contributed by atoms with Gasteiger partial charge in [0.25, 0.3) is 0 Å². The lowest BCUT2D eigenvalue weighted by Crippen LogP contribution is -2.06. The van der Waals surface area contributed by atoms with Gasteiger partial charge in [0.2, 0.25) is 0 Å². The maximum absolute atomic E-state index is 12.7. The van der Waals surface area contributed by atoms with E-state index in [1.165, 1.54) is 0 Å². The SMILES string of the molecule is O=C1CSC(c2ccc(Br)cc2)Nc2n[nH]c(-c3ccccc3)c21. The lowest BCUT2D eigenvalue weighted by molar-refractivity contribution is 0.102. The van der Waals surface area contributed by atoms with Crippen LogP contribution in [0.3, 0.4) is 0 Å². The van der Waals surface area contributed by atoms with Gasteiger partial charge < -0.3 is 5.32 Å². The zero-order valence-corrected chi connectivity index (χ0v) is 15.0. The van der Waals surface area contributed by atoms with Crippen LogP contribution in [0.5, 0.6) is 0 Å². The highest BCUT2D eigenvalue weighted by Gasteiger charge is 2.28. The molecule has 0 bridgehead atoms. The summed E-state index contributed by atoms with van der Waals surface area (Å²) in [4.78, 5) is 12.7. The van der Waals surface area contributed by atoms with Crippen molar-refractivity contribution in [2.24, 2.45) is 0 Å². The summed E-state index contributed by atoms with van der Waals surface area (Å²) in [7, 11) is 0. The first-order chi connectivity index (χ1) is 11.7. The third-order valence-corrected chi connectivity index (χ3v) is 5.61. The van der Waals surface area contributed by atoms with E-state index in [-0.39, 0.29) is 11.2 Å². The van der Waals surface area contributed by atoms with Crippen molar-refractivity contribution in [1.29, 1.82) is 0 Å². The van der Waals surface area contributed by atoms with E-state index in [1.807, 2.05) is 42.5 Å². The molecule has 0 amide bonds. The predicted octanol–water partition coefficient (Wildman–Crippen LogP) is 4.88. The minimum absolute atomic E-state index is 0.00442. The van der Waals surface area contributed by atoms with Crippen molar-refractivity contribution < 1.29 is 4.79 Å². The van der Waals surface area contributed by atoms with Crippen molar-refractivity contribution in [3.05, 3.63) is 70.2 Å². The van der Waals surface area contributed by atoms with Gasteiger partial charge in [-0.15, -0.1) is 11.8 Å². The first-order valence-corrected chi connectivity index (χ1v) is 9.37. The van der Waals surface area contributed by atoms with Crippen molar-refractivity contribution in [1.82, 2.24) is 10.2 Å². The highest BCUT2D eigenvalue weighted by atomic mass is 79.9. The first kappa shape index (κ1) is 15.5. The van der Waals surface area contributed by atoms with Crippen LogP contribution in [-0.2, 0) is 0 Å². The van der Waals surface area contributed by atoms with E-state index < -0.39 is 0 Å². The minimum Gasteiger partial charge on any atom is -0.352 e. The zero-order chi connectivity index (χ0) is 16.5. The predicted molar refractivity (Wildman–Crippen MR) is 101 cm³/mol. The van der Waals surface area contributed by atoms with Crippen LogP contribution in [-0.4, -0.2) is 21.7 Å². The summed E-state index contributed by atoms with van der Waals surface area (Å²) in [5.74, 6) is 1.13. The summed E-state index contributed by atoms with van der Waals surface area (Å²) in [6.45, 7) is 0. The highest BCUT2D eigenvalue weighted by molar-refractivity contribution is 9.10. The number of fused-ring (bicyclic) bond motifs is 1. The number of hydrogen-bond acceptors (Lipinski definition) is 4. The Bertz CT molecular complexity index is 877. The van der Waals surface area contributed by atoms with E-state index in [2.05, 4.69) is 43.6 Å². The van der Waals surface area contributed by atoms with Crippen molar-refractivity contribution in [2.45, 2.75) is 5.37 Å². The number of nitrogens with one attached hydrogen (secondary N) is 2. The number of halogens is 1. The van der Waals surface area contributed by atoms with E-state index in [0.29, 0.717) is 17.1 Å². The molecule has 1 aliphatic rings. The van der Waals surface area contributed by atoms with E-state index in [0.717, 1.165) is 21.3 Å². The Morgan fingerprint density at radius 2 is 1.83 bits per heavy atom. The normalized spacial score (nSPS) is 17.0. The van der Waals surface area contributed by atoms with Crippen LogP contribution in [0.1, 0.15) is 21.3 Å². The largest absolute Gasteiger partial charge is 0.352 e. The van der Waals surface area contributed by atoms with Gasteiger partial charge in [0, 0.05) is 10.0 Å². The number of rotatable bonds is 2. The highest BCUT2D eigenvalue weighted by Crippen LogP contribution is 2.38. The fraction of sp³-hybridized carbons (Fsp3) is 0.111. The number of hydrogen-bond donors (Lipinski definition) is 2. The van der Waals surface area contributed by atoms with Crippen molar-refractivity contribution in [2.75, 3.05) is 11.1 Å². The van der Waals surface area contributed by atoms with Gasteiger partial charge in [0.05, 0.1) is 22.4 Å². The lowest BCUT2D eigenvalue weighted by Gasteiger charge is -2.15. The maximum Gasteiger partial charge on any atom is 0.178 e. The Hall–Kier alpha value is -2.05. The molecule has 0 saturated heterocycles. The second kappa shape index (κ2) is 6.45. The number of thioether (sulfide) groups is 1. The molecule has 1 aromatic heterocycles. The number of carbonyl (C=O) groups excluding carboxylic acids is 1. The number of Topliss-reactive ketones (excluding diaryl/α,β-unsaturated/α-hetero) is 1. The van der Waals surface area contributed by atoms with Gasteiger partial charge in [-0.2, -0.15) is 5.10 Å². The Morgan fingerprint density at radius 1 is 1.08 bits per heavy atom. The molecule has 3 aromatic rings. The number of H-pyrrole nitrogens is 1. The van der Waals surface area contributed by atoms with Crippen molar-refractivity contribution in [3.8, 4) is 11.3 Å². The summed E-state index contributed by atoms with van der Waals surface area (Å²) in [6.07, 6.45) is 0. The van der Waals surface area contributed by atoms with Crippen LogP contribution in [0.4, 0.5) is 5.82 Å². The molecular formula is C18H14BrN3OS. The van der Waals surface area contributed by atoms with Crippen LogP contribution in [0.15, 0.2) is 59.1 Å². The molecule has 0 saturated carbocycles. The van der Waals surface area contributed by atoms with Crippen LogP contribution >= 0.6 is 27.7 Å². The van der Waals surface area contributed by atoms with E-state index in [9.17, 15) is 4.79 Å². The molecule has 2 aromatic carbocycles. The van der Waals surface area contributed by atoms with Gasteiger partial charge in [-0.3, -0.25) is 9.89 Å². The molecule has 0 radical (unpaired) electrons. The van der Waals surface area contributed by atoms with Crippen LogP contribution in [0.2, 0.25) is 0 Å². The Balaban J connectivity index is 1.72. The molecule has 0 fully saturated rings. The molecule has 120 valence electrons. The number of aromatic amines is 1. The van der Waals surface area contributed by atoms with Gasteiger partial charge in [0.1, 0.15) is 0 Å². The molecule has 4 rings (SSSR count). The minimum atomic E-state index is -0.00442. The van der Waals surface area contributed by atoms with Gasteiger partial charge in [-0.25, -0.2) is 0 Å². The van der Waals surface area contributed by atoms with Gasteiger partial charge in [-0.1, -0.05) is 58.4 Å². The Kier molecular flexibility index (Phi) is 4.16. The van der Waals surface area contributed by atoms with Crippen LogP contribution < -0.4 is 5.32 Å². The topological polar surface area (TPSA) is 57.8 Å². The fourth-order valence-electron chi connectivity index (χ4n) is 2.75. The second-order valence-corrected chi connectivity index (χ2v) is 7.51. The molecule has 1 aliphatic heterocycles. The molecule has 4 nitrogen and oxygen atoms in total. The third kappa shape index (κ3) is 2.87. The summed E-state index contributed by atoms with van der Waals surface area (Å²) >= 11 is 5.04. The third-order valence-electron chi connectivity index (χ3n) is 3.93. The van der Waals surface area contributed by atoms with Crippen LogP contribution in [0, 0.1) is 0 Å². The molecule has 2 heterocycles. The average Bonchev–Trinajstić information content (AvgIpc) is 2.96. The molecule has 0 aliphatic carbocycles. The maximum atomic E-state index is 12.7. The molecule has 1 unspecified atom stereocenters. The summed E-state index contributed by atoms with van der Waals surface area (Å²) in [6, 6.07) is 17.9. The lowest BCUT2D eigenvalue weighted by atomic mass is 10.0. The van der Waals surface area contributed by atoms with Gasteiger partial charge in [0.15, 0.2) is 11.6 Å². The monoisotopic (exact) mass is 399 g/mol. The molecular weight excluding hydrogens is 386 g/mol. The van der Waals surface area contributed by atoms with Gasteiger partial charge >= 0.3 is 0 Å². The van der Waals surface area contributed by atoms with E-state index in [1.54, 1.807) is 11.8 Å². The number of aromatic nitrogens is 2. The number of carbonyl (C=O) groups is 1. The molecule has 24 heavy (non-hydrogen) atoms. The van der Waals surface area contributed by atoms with Crippen molar-refractivity contribution >= 4 is 39.3 Å². The molecule has 6 heteroatoms. The number of benzene rings is 2. The first-order valence-electron chi connectivity index (χ1n) is 7.53. The molecule has 2 N–H and O–H groups in total. The number of ketones is 1. The molecule has 1 atom stereocenters.